The first-order chi connectivity index (χ1) is 7.81. The molecule has 1 unspecified atom stereocenters. The Balaban J connectivity index is 1.64. The maximum atomic E-state index is 4.71. The second-order valence-electron chi connectivity index (χ2n) is 5.38. The molecule has 0 amide bonds. The highest BCUT2D eigenvalue weighted by Crippen LogP contribution is 2.34. The van der Waals surface area contributed by atoms with Gasteiger partial charge in [0, 0.05) is 11.7 Å². The van der Waals surface area contributed by atoms with E-state index in [0.29, 0.717) is 6.04 Å². The summed E-state index contributed by atoms with van der Waals surface area (Å²) in [4.78, 5) is 4.71. The van der Waals surface area contributed by atoms with E-state index < -0.39 is 0 Å². The summed E-state index contributed by atoms with van der Waals surface area (Å²) in [5, 5.41) is 3.53. The Bertz CT molecular complexity index is 382. The van der Waals surface area contributed by atoms with Crippen LogP contribution in [0.1, 0.15) is 43.9 Å². The van der Waals surface area contributed by atoms with Crippen molar-refractivity contribution in [1.29, 1.82) is 0 Å². The topological polar surface area (TPSA) is 24.9 Å². The lowest BCUT2D eigenvalue weighted by Gasteiger charge is -2.14. The molecule has 1 N–H and O–H groups in total. The molecule has 1 aromatic heterocycles. The third-order valence-electron chi connectivity index (χ3n) is 3.71. The maximum Gasteiger partial charge on any atom is 0.126 e. The van der Waals surface area contributed by atoms with Crippen molar-refractivity contribution in [3.8, 4) is 0 Å². The van der Waals surface area contributed by atoms with Gasteiger partial charge in [0.2, 0.25) is 0 Å². The molecule has 0 spiro atoms. The third kappa shape index (κ3) is 2.21. The van der Waals surface area contributed by atoms with Gasteiger partial charge in [0.1, 0.15) is 5.82 Å². The third-order valence-corrected chi connectivity index (χ3v) is 3.71. The molecule has 86 valence electrons. The van der Waals surface area contributed by atoms with Crippen LogP contribution >= 0.6 is 0 Å². The second kappa shape index (κ2) is 4.08. The largest absolute Gasteiger partial charge is 0.368 e. The Kier molecular flexibility index (Phi) is 2.58. The van der Waals surface area contributed by atoms with E-state index in [4.69, 9.17) is 4.98 Å². The number of aromatic nitrogens is 1. The first kappa shape index (κ1) is 10.1. The average Bonchev–Trinajstić information content (AvgIpc) is 2.95. The molecule has 1 atom stereocenters. The van der Waals surface area contributed by atoms with Gasteiger partial charge in [-0.25, -0.2) is 4.98 Å². The smallest absolute Gasteiger partial charge is 0.126 e. The van der Waals surface area contributed by atoms with Gasteiger partial charge in [-0.15, -0.1) is 0 Å². The minimum Gasteiger partial charge on any atom is -0.368 e. The summed E-state index contributed by atoms with van der Waals surface area (Å²) < 4.78 is 0. The predicted octanol–water partition coefficient (Wildman–Crippen LogP) is 3.17. The quantitative estimate of drug-likeness (QED) is 0.836. The Morgan fingerprint density at radius 1 is 1.38 bits per heavy atom. The van der Waals surface area contributed by atoms with E-state index in [1.807, 2.05) is 0 Å². The van der Waals surface area contributed by atoms with Gasteiger partial charge in [-0.3, -0.25) is 0 Å². The van der Waals surface area contributed by atoms with Crippen LogP contribution in [0.15, 0.2) is 12.1 Å². The normalized spacial score (nSPS) is 20.6. The lowest BCUT2D eigenvalue weighted by molar-refractivity contribution is 0.640. The first-order valence-electron chi connectivity index (χ1n) is 6.56. The molecule has 3 rings (SSSR count). The zero-order valence-electron chi connectivity index (χ0n) is 10.00. The lowest BCUT2D eigenvalue weighted by Crippen LogP contribution is -2.16. The van der Waals surface area contributed by atoms with Gasteiger partial charge in [-0.1, -0.05) is 18.9 Å². The maximum absolute atomic E-state index is 4.71. The number of pyridine rings is 1. The van der Waals surface area contributed by atoms with Gasteiger partial charge in [-0.2, -0.15) is 0 Å². The van der Waals surface area contributed by atoms with Crippen LogP contribution in [0.2, 0.25) is 0 Å². The van der Waals surface area contributed by atoms with Crippen molar-refractivity contribution >= 4 is 5.82 Å². The fourth-order valence-corrected chi connectivity index (χ4v) is 2.67. The fraction of sp³-hybridized carbons (Fsp3) is 0.643. The molecule has 2 aliphatic carbocycles. The molecule has 1 fully saturated rings. The van der Waals surface area contributed by atoms with Gasteiger partial charge in [-0.05, 0) is 50.2 Å². The van der Waals surface area contributed by atoms with Gasteiger partial charge in [0.05, 0.1) is 0 Å². The van der Waals surface area contributed by atoms with Crippen LogP contribution in [-0.4, -0.2) is 11.0 Å². The first-order valence-corrected chi connectivity index (χ1v) is 6.56. The molecule has 2 heteroatoms. The Morgan fingerprint density at radius 3 is 3.06 bits per heavy atom. The molecule has 2 nitrogen and oxygen atoms in total. The van der Waals surface area contributed by atoms with Gasteiger partial charge < -0.3 is 5.32 Å². The minimum absolute atomic E-state index is 0.569. The van der Waals surface area contributed by atoms with E-state index in [-0.39, 0.29) is 0 Å². The molecule has 0 aliphatic heterocycles. The van der Waals surface area contributed by atoms with E-state index >= 15 is 0 Å². The molecule has 0 radical (unpaired) electrons. The molecule has 1 saturated carbocycles. The van der Waals surface area contributed by atoms with Gasteiger partial charge in [0.25, 0.3) is 0 Å². The number of aryl methyl sites for hydroxylation is 2. The van der Waals surface area contributed by atoms with Crippen molar-refractivity contribution in [1.82, 2.24) is 4.98 Å². The van der Waals surface area contributed by atoms with Crippen LogP contribution in [0.3, 0.4) is 0 Å². The Labute approximate surface area is 97.5 Å². The Hall–Kier alpha value is -1.05. The molecular formula is C14H20N2. The molecule has 0 bridgehead atoms. The van der Waals surface area contributed by atoms with Crippen molar-refractivity contribution < 1.29 is 0 Å². The highest BCUT2D eigenvalue weighted by atomic mass is 15.0. The van der Waals surface area contributed by atoms with E-state index in [1.54, 1.807) is 0 Å². The van der Waals surface area contributed by atoms with Crippen LogP contribution in [0, 0.1) is 5.92 Å². The van der Waals surface area contributed by atoms with Crippen molar-refractivity contribution in [2.45, 2.75) is 51.5 Å². The monoisotopic (exact) mass is 216 g/mol. The van der Waals surface area contributed by atoms with Crippen molar-refractivity contribution in [3.63, 3.8) is 0 Å². The van der Waals surface area contributed by atoms with E-state index in [1.165, 1.54) is 49.8 Å². The molecule has 1 heterocycles. The van der Waals surface area contributed by atoms with Crippen molar-refractivity contribution in [2.24, 2.45) is 5.92 Å². The molecular weight excluding hydrogens is 196 g/mol. The SMILES string of the molecule is CC(CC1CC1)Nc1ccc2c(n1)CCC2. The van der Waals surface area contributed by atoms with Gasteiger partial charge >= 0.3 is 0 Å². The summed E-state index contributed by atoms with van der Waals surface area (Å²) in [6.07, 6.45) is 7.84. The summed E-state index contributed by atoms with van der Waals surface area (Å²) in [6, 6.07) is 4.97. The minimum atomic E-state index is 0.569. The van der Waals surface area contributed by atoms with E-state index in [2.05, 4.69) is 24.4 Å². The standard InChI is InChI=1S/C14H20N2/c1-10(9-11-5-6-11)15-14-8-7-12-3-2-4-13(12)16-14/h7-8,10-11H,2-6,9H2,1H3,(H,15,16). The number of nitrogens with one attached hydrogen (secondary N) is 1. The van der Waals surface area contributed by atoms with Crippen LogP contribution in [0.4, 0.5) is 5.82 Å². The molecule has 16 heavy (non-hydrogen) atoms. The number of hydrogen-bond donors (Lipinski definition) is 1. The summed E-state index contributed by atoms with van der Waals surface area (Å²) in [6.45, 7) is 2.27. The zero-order chi connectivity index (χ0) is 11.0. The fourth-order valence-electron chi connectivity index (χ4n) is 2.67. The van der Waals surface area contributed by atoms with Crippen LogP contribution in [0.5, 0.6) is 0 Å². The summed E-state index contributed by atoms with van der Waals surface area (Å²) >= 11 is 0. The zero-order valence-corrected chi connectivity index (χ0v) is 10.00. The lowest BCUT2D eigenvalue weighted by atomic mass is 10.1. The highest BCUT2D eigenvalue weighted by Gasteiger charge is 2.23. The summed E-state index contributed by atoms with van der Waals surface area (Å²) in [7, 11) is 0. The molecule has 0 saturated heterocycles. The van der Waals surface area contributed by atoms with Crippen LogP contribution in [-0.2, 0) is 12.8 Å². The van der Waals surface area contributed by atoms with Crippen molar-refractivity contribution in [2.75, 3.05) is 5.32 Å². The highest BCUT2D eigenvalue weighted by molar-refractivity contribution is 5.41. The summed E-state index contributed by atoms with van der Waals surface area (Å²) in [5.74, 6) is 2.06. The number of rotatable bonds is 4. The average molecular weight is 216 g/mol. The summed E-state index contributed by atoms with van der Waals surface area (Å²) in [5.41, 5.74) is 2.78. The van der Waals surface area contributed by atoms with Crippen LogP contribution < -0.4 is 5.32 Å². The van der Waals surface area contributed by atoms with Crippen molar-refractivity contribution in [3.05, 3.63) is 23.4 Å². The molecule has 0 aromatic carbocycles. The Morgan fingerprint density at radius 2 is 2.25 bits per heavy atom. The van der Waals surface area contributed by atoms with Crippen LogP contribution in [0.25, 0.3) is 0 Å². The van der Waals surface area contributed by atoms with E-state index in [9.17, 15) is 0 Å². The number of hydrogen-bond acceptors (Lipinski definition) is 2. The molecule has 1 aromatic rings. The number of anilines is 1. The number of fused-ring (bicyclic) bond motifs is 1. The van der Waals surface area contributed by atoms with E-state index in [0.717, 1.165) is 11.7 Å². The second-order valence-corrected chi connectivity index (χ2v) is 5.38. The predicted molar refractivity (Wildman–Crippen MR) is 66.7 cm³/mol. The molecule has 2 aliphatic rings. The number of nitrogens with zero attached hydrogens (tertiary/aromatic N) is 1. The van der Waals surface area contributed by atoms with Gasteiger partial charge in [0.15, 0.2) is 0 Å².